The number of nitrogens with zero attached hydrogens (tertiary/aromatic N) is 1. The summed E-state index contributed by atoms with van der Waals surface area (Å²) in [6, 6.07) is 71.7. The van der Waals surface area contributed by atoms with Gasteiger partial charge in [0.2, 0.25) is 0 Å². The molecule has 0 radical (unpaired) electrons. The number of benzene rings is 8. The van der Waals surface area contributed by atoms with Crippen molar-refractivity contribution < 1.29 is 0 Å². The molecule has 1 nitrogen and oxygen atoms in total. The van der Waals surface area contributed by atoms with Crippen LogP contribution in [0, 0.1) is 17.8 Å². The van der Waals surface area contributed by atoms with Gasteiger partial charge in [0, 0.05) is 17.1 Å². The van der Waals surface area contributed by atoms with Crippen LogP contribution in [0.3, 0.4) is 0 Å². The molecule has 4 aliphatic rings. The first kappa shape index (κ1) is 34.1. The van der Waals surface area contributed by atoms with Crippen LogP contribution in [0.4, 0.5) is 17.1 Å². The Morgan fingerprint density at radius 2 is 0.772 bits per heavy atom. The molecule has 0 N–H and O–H groups in total. The predicted molar refractivity (Wildman–Crippen MR) is 240 cm³/mol. The average molecular weight is 734 g/mol. The quantitative estimate of drug-likeness (QED) is 0.150. The third-order valence-corrected chi connectivity index (χ3v) is 13.7. The zero-order chi connectivity index (χ0) is 37.8. The third-order valence-electron chi connectivity index (χ3n) is 13.7. The normalized spacial score (nSPS) is 20.8. The summed E-state index contributed by atoms with van der Waals surface area (Å²) >= 11 is 0. The van der Waals surface area contributed by atoms with Crippen molar-refractivity contribution in [3.8, 4) is 44.5 Å². The number of fused-ring (bicyclic) bond motifs is 1. The van der Waals surface area contributed by atoms with Crippen molar-refractivity contribution >= 4 is 27.8 Å². The molecule has 0 amide bonds. The lowest BCUT2D eigenvalue weighted by atomic mass is 9.48. The average Bonchev–Trinajstić information content (AvgIpc) is 3.27. The lowest BCUT2D eigenvalue weighted by Gasteiger charge is -2.57. The van der Waals surface area contributed by atoms with E-state index in [0.29, 0.717) is 5.41 Å². The van der Waals surface area contributed by atoms with Crippen LogP contribution in [-0.2, 0) is 5.41 Å². The highest BCUT2D eigenvalue weighted by atomic mass is 15.1. The molecule has 8 aromatic rings. The fourth-order valence-electron chi connectivity index (χ4n) is 11.3. The molecule has 0 aromatic heterocycles. The molecule has 0 spiro atoms. The maximum absolute atomic E-state index is 2.49. The van der Waals surface area contributed by atoms with Gasteiger partial charge in [0.15, 0.2) is 0 Å². The smallest absolute Gasteiger partial charge is 0.0462 e. The minimum absolute atomic E-state index is 0.429. The SMILES string of the molecule is c1ccc(-c2ccc(N(c3ccc(-c4ccccc4)cc3)c3ccc(-c4ccc5cccc(-c6ccc(C78CC9CC(CC(C9)C7)C8)cc6)c5c4)cc3)cc2)cc1. The van der Waals surface area contributed by atoms with Crippen molar-refractivity contribution in [2.75, 3.05) is 4.90 Å². The number of hydrogen-bond donors (Lipinski definition) is 0. The molecule has 4 bridgehead atoms. The first-order valence-corrected chi connectivity index (χ1v) is 21.0. The van der Waals surface area contributed by atoms with E-state index in [1.165, 1.54) is 93.8 Å². The second kappa shape index (κ2) is 14.1. The Hall–Kier alpha value is -6.18. The third kappa shape index (κ3) is 6.36. The Morgan fingerprint density at radius 1 is 0.351 bits per heavy atom. The van der Waals surface area contributed by atoms with E-state index in [2.05, 4.69) is 199 Å². The van der Waals surface area contributed by atoms with Crippen molar-refractivity contribution in [1.29, 1.82) is 0 Å². The fraction of sp³-hybridized carbons (Fsp3) is 0.179. The van der Waals surface area contributed by atoms with Gasteiger partial charge >= 0.3 is 0 Å². The van der Waals surface area contributed by atoms with E-state index >= 15 is 0 Å². The van der Waals surface area contributed by atoms with E-state index in [0.717, 1.165) is 34.8 Å². The second-order valence-corrected chi connectivity index (χ2v) is 17.2. The van der Waals surface area contributed by atoms with Crippen LogP contribution in [0.15, 0.2) is 194 Å². The molecule has 276 valence electrons. The molecule has 0 atom stereocenters. The zero-order valence-electron chi connectivity index (χ0n) is 32.4. The topological polar surface area (TPSA) is 3.24 Å². The molecule has 57 heavy (non-hydrogen) atoms. The minimum atomic E-state index is 0.429. The Bertz CT molecular complexity index is 2540. The van der Waals surface area contributed by atoms with Crippen molar-refractivity contribution in [2.45, 2.75) is 43.9 Å². The first-order chi connectivity index (χ1) is 28.1. The molecule has 0 saturated heterocycles. The largest absolute Gasteiger partial charge is 0.311 e. The van der Waals surface area contributed by atoms with E-state index in [-0.39, 0.29) is 0 Å². The highest BCUT2D eigenvalue weighted by Gasteiger charge is 2.51. The van der Waals surface area contributed by atoms with Gasteiger partial charge in [-0.05, 0) is 165 Å². The number of hydrogen-bond acceptors (Lipinski definition) is 1. The van der Waals surface area contributed by atoms with Gasteiger partial charge in [0.05, 0.1) is 0 Å². The molecule has 8 aromatic carbocycles. The molecule has 12 rings (SSSR count). The molecular formula is C56H47N. The van der Waals surface area contributed by atoms with Gasteiger partial charge in [0.1, 0.15) is 0 Å². The fourth-order valence-corrected chi connectivity index (χ4v) is 11.3. The van der Waals surface area contributed by atoms with Gasteiger partial charge in [-0.3, -0.25) is 0 Å². The number of anilines is 3. The maximum atomic E-state index is 2.49. The van der Waals surface area contributed by atoms with E-state index < -0.39 is 0 Å². The van der Waals surface area contributed by atoms with Gasteiger partial charge in [-0.2, -0.15) is 0 Å². The van der Waals surface area contributed by atoms with Gasteiger partial charge in [-0.15, -0.1) is 0 Å². The van der Waals surface area contributed by atoms with E-state index in [1.54, 1.807) is 5.56 Å². The lowest BCUT2D eigenvalue weighted by Crippen LogP contribution is -2.48. The number of rotatable bonds is 8. The molecule has 0 aliphatic heterocycles. The highest BCUT2D eigenvalue weighted by Crippen LogP contribution is 2.60. The van der Waals surface area contributed by atoms with Crippen LogP contribution in [-0.4, -0.2) is 0 Å². The van der Waals surface area contributed by atoms with Gasteiger partial charge < -0.3 is 4.90 Å². The van der Waals surface area contributed by atoms with Crippen LogP contribution >= 0.6 is 0 Å². The highest BCUT2D eigenvalue weighted by molar-refractivity contribution is 5.99. The standard InChI is InChI=1S/C56H47N/c1-3-8-42(9-4-1)44-18-26-51(27-19-44)57(52-28-20-45(21-29-52)43-10-5-2-6-11-43)53-30-22-46(23-31-53)49-15-14-47-12-7-13-54(55(47)35-49)48-16-24-50(25-17-48)56-36-39-32-40(37-56)34-41(33-39)38-56/h1-31,35,39-41H,32-34,36-38H2. The van der Waals surface area contributed by atoms with Crippen LogP contribution in [0.1, 0.15) is 44.1 Å². The summed E-state index contributed by atoms with van der Waals surface area (Å²) in [7, 11) is 0. The van der Waals surface area contributed by atoms with Crippen molar-refractivity contribution in [2.24, 2.45) is 17.8 Å². The summed E-state index contributed by atoms with van der Waals surface area (Å²) in [4.78, 5) is 2.36. The molecule has 4 aliphatic carbocycles. The summed E-state index contributed by atoms with van der Waals surface area (Å²) in [5, 5.41) is 2.59. The summed E-state index contributed by atoms with van der Waals surface area (Å²) in [5.41, 5.74) is 15.3. The van der Waals surface area contributed by atoms with E-state index in [4.69, 9.17) is 0 Å². The predicted octanol–water partition coefficient (Wildman–Crippen LogP) is 15.4. The molecule has 4 saturated carbocycles. The minimum Gasteiger partial charge on any atom is -0.311 e. The maximum Gasteiger partial charge on any atom is 0.0462 e. The zero-order valence-corrected chi connectivity index (χ0v) is 32.4. The monoisotopic (exact) mass is 733 g/mol. The van der Waals surface area contributed by atoms with Gasteiger partial charge in [-0.1, -0.05) is 152 Å². The Labute approximate surface area is 337 Å². The van der Waals surface area contributed by atoms with E-state index in [1.807, 2.05) is 0 Å². The summed E-state index contributed by atoms with van der Waals surface area (Å²) in [6.45, 7) is 0. The lowest BCUT2D eigenvalue weighted by molar-refractivity contribution is -0.00518. The van der Waals surface area contributed by atoms with Crippen LogP contribution in [0.5, 0.6) is 0 Å². The summed E-state index contributed by atoms with van der Waals surface area (Å²) in [6.07, 6.45) is 8.70. The molecule has 4 fully saturated rings. The Kier molecular flexibility index (Phi) is 8.43. The van der Waals surface area contributed by atoms with Gasteiger partial charge in [-0.25, -0.2) is 0 Å². The Morgan fingerprint density at radius 3 is 1.26 bits per heavy atom. The van der Waals surface area contributed by atoms with Crippen molar-refractivity contribution in [3.05, 3.63) is 200 Å². The molecule has 1 heteroatoms. The molecular weight excluding hydrogens is 687 g/mol. The van der Waals surface area contributed by atoms with Crippen molar-refractivity contribution in [1.82, 2.24) is 0 Å². The van der Waals surface area contributed by atoms with Crippen molar-refractivity contribution in [3.63, 3.8) is 0 Å². The second-order valence-electron chi connectivity index (χ2n) is 17.2. The van der Waals surface area contributed by atoms with Crippen LogP contribution in [0.25, 0.3) is 55.3 Å². The van der Waals surface area contributed by atoms with Crippen LogP contribution < -0.4 is 4.90 Å². The van der Waals surface area contributed by atoms with E-state index in [9.17, 15) is 0 Å². The summed E-state index contributed by atoms with van der Waals surface area (Å²) < 4.78 is 0. The molecule has 0 unspecified atom stereocenters. The Balaban J connectivity index is 0.911. The first-order valence-electron chi connectivity index (χ1n) is 21.0. The van der Waals surface area contributed by atoms with Gasteiger partial charge in [0.25, 0.3) is 0 Å². The summed E-state index contributed by atoms with van der Waals surface area (Å²) in [5.74, 6) is 2.88. The van der Waals surface area contributed by atoms with Crippen LogP contribution in [0.2, 0.25) is 0 Å². The molecule has 0 heterocycles.